The van der Waals surface area contributed by atoms with E-state index >= 15 is 0 Å². The molecule has 0 aromatic heterocycles. The molecule has 1 unspecified atom stereocenters. The van der Waals surface area contributed by atoms with Gasteiger partial charge >= 0.3 is 0 Å². The van der Waals surface area contributed by atoms with Crippen LogP contribution in [0.3, 0.4) is 0 Å². The van der Waals surface area contributed by atoms with Gasteiger partial charge in [-0.05, 0) is 18.9 Å². The van der Waals surface area contributed by atoms with Crippen molar-refractivity contribution in [2.75, 3.05) is 37.7 Å². The lowest BCUT2D eigenvalue weighted by Gasteiger charge is -2.21. The molecule has 1 aliphatic heterocycles. The Bertz CT molecular complexity index is 620. The van der Waals surface area contributed by atoms with E-state index in [4.69, 9.17) is 0 Å². The van der Waals surface area contributed by atoms with Crippen molar-refractivity contribution < 1.29 is 8.42 Å². The van der Waals surface area contributed by atoms with Crippen LogP contribution in [0.15, 0.2) is 35.3 Å². The van der Waals surface area contributed by atoms with Gasteiger partial charge in [-0.1, -0.05) is 37.3 Å². The Labute approximate surface area is 162 Å². The van der Waals surface area contributed by atoms with Gasteiger partial charge in [-0.3, -0.25) is 4.99 Å². The van der Waals surface area contributed by atoms with Crippen molar-refractivity contribution in [3.8, 4) is 0 Å². The van der Waals surface area contributed by atoms with Crippen molar-refractivity contribution in [3.63, 3.8) is 0 Å². The molecule has 1 aromatic rings. The van der Waals surface area contributed by atoms with E-state index in [9.17, 15) is 8.42 Å². The van der Waals surface area contributed by atoms with Crippen LogP contribution in [0.2, 0.25) is 0 Å². The fourth-order valence-electron chi connectivity index (χ4n) is 2.81. The molecule has 1 saturated heterocycles. The first-order valence-corrected chi connectivity index (χ1v) is 10.2. The summed E-state index contributed by atoms with van der Waals surface area (Å²) in [6.07, 6.45) is 1.10. The standard InChI is InChI=1S/C17H27N3O2S.HI/c1-3-18-17(19-11-13-23(21,22)4-2)20-12-10-16(14-20)15-8-6-5-7-9-15;/h5-9,16H,3-4,10-14H2,1-2H3,(H,18,19);1H. The molecule has 5 nitrogen and oxygen atoms in total. The van der Waals surface area contributed by atoms with E-state index in [1.807, 2.05) is 13.0 Å². The maximum atomic E-state index is 11.6. The molecule has 2 rings (SSSR count). The van der Waals surface area contributed by atoms with Crippen LogP contribution in [0.5, 0.6) is 0 Å². The molecule has 1 aliphatic rings. The molecule has 7 heteroatoms. The minimum absolute atomic E-state index is 0. The van der Waals surface area contributed by atoms with Crippen molar-refractivity contribution >= 4 is 39.8 Å². The molecule has 0 bridgehead atoms. The maximum Gasteiger partial charge on any atom is 0.193 e. The number of sulfone groups is 1. The van der Waals surface area contributed by atoms with Crippen LogP contribution in [-0.4, -0.2) is 57.0 Å². The van der Waals surface area contributed by atoms with Gasteiger partial charge in [0.15, 0.2) is 15.8 Å². The fraction of sp³-hybridized carbons (Fsp3) is 0.588. The highest BCUT2D eigenvalue weighted by atomic mass is 127. The summed E-state index contributed by atoms with van der Waals surface area (Å²) < 4.78 is 23.2. The number of nitrogens with zero attached hydrogens (tertiary/aromatic N) is 2. The summed E-state index contributed by atoms with van der Waals surface area (Å²) >= 11 is 0. The molecule has 0 radical (unpaired) electrons. The first kappa shape index (κ1) is 21.2. The number of hydrogen-bond donors (Lipinski definition) is 1. The molecule has 1 atom stereocenters. The Balaban J connectivity index is 0.00000288. The highest BCUT2D eigenvalue weighted by Crippen LogP contribution is 2.26. The number of aliphatic imine (C=N–C) groups is 1. The molecule has 0 amide bonds. The quantitative estimate of drug-likeness (QED) is 0.399. The zero-order chi connectivity index (χ0) is 16.7. The van der Waals surface area contributed by atoms with Crippen molar-refractivity contribution in [2.24, 2.45) is 4.99 Å². The van der Waals surface area contributed by atoms with Crippen LogP contribution in [0.1, 0.15) is 31.7 Å². The van der Waals surface area contributed by atoms with E-state index in [0.717, 1.165) is 32.0 Å². The third kappa shape index (κ3) is 6.23. The fourth-order valence-corrected chi connectivity index (χ4v) is 3.47. The van der Waals surface area contributed by atoms with Gasteiger partial charge in [-0.15, -0.1) is 24.0 Å². The first-order chi connectivity index (χ1) is 11.1. The predicted molar refractivity (Wildman–Crippen MR) is 111 cm³/mol. The van der Waals surface area contributed by atoms with Crippen LogP contribution in [0.25, 0.3) is 0 Å². The number of guanidine groups is 1. The molecule has 1 N–H and O–H groups in total. The Kier molecular flexibility index (Phi) is 9.04. The zero-order valence-corrected chi connectivity index (χ0v) is 17.6. The van der Waals surface area contributed by atoms with Gasteiger partial charge in [0, 0.05) is 31.3 Å². The third-order valence-electron chi connectivity index (χ3n) is 4.20. The summed E-state index contributed by atoms with van der Waals surface area (Å²) in [4.78, 5) is 6.74. The Morgan fingerprint density at radius 2 is 2.00 bits per heavy atom. The third-order valence-corrected chi connectivity index (χ3v) is 5.88. The summed E-state index contributed by atoms with van der Waals surface area (Å²) in [7, 11) is -2.96. The van der Waals surface area contributed by atoms with E-state index in [1.165, 1.54) is 5.56 Å². The maximum absolute atomic E-state index is 11.6. The number of likely N-dealkylation sites (tertiary alicyclic amines) is 1. The van der Waals surface area contributed by atoms with Crippen LogP contribution in [-0.2, 0) is 9.84 Å². The first-order valence-electron chi connectivity index (χ1n) is 8.34. The Hall–Kier alpha value is -0.830. The van der Waals surface area contributed by atoms with Gasteiger partial charge in [0.25, 0.3) is 0 Å². The molecule has 24 heavy (non-hydrogen) atoms. The molecule has 136 valence electrons. The number of hydrogen-bond acceptors (Lipinski definition) is 3. The highest BCUT2D eigenvalue weighted by molar-refractivity contribution is 14.0. The molecular weight excluding hydrogens is 437 g/mol. The monoisotopic (exact) mass is 465 g/mol. The number of rotatable bonds is 6. The molecule has 0 spiro atoms. The summed E-state index contributed by atoms with van der Waals surface area (Å²) in [6.45, 7) is 6.69. The highest BCUT2D eigenvalue weighted by Gasteiger charge is 2.25. The van der Waals surface area contributed by atoms with Gasteiger partial charge in [0.2, 0.25) is 0 Å². The van der Waals surface area contributed by atoms with Gasteiger partial charge < -0.3 is 10.2 Å². The number of nitrogens with one attached hydrogen (secondary N) is 1. The second-order valence-corrected chi connectivity index (χ2v) is 8.29. The minimum atomic E-state index is -2.96. The molecular formula is C17H28IN3O2S. The Morgan fingerprint density at radius 1 is 1.29 bits per heavy atom. The zero-order valence-electron chi connectivity index (χ0n) is 14.4. The van der Waals surface area contributed by atoms with Crippen molar-refractivity contribution in [1.82, 2.24) is 10.2 Å². The van der Waals surface area contributed by atoms with E-state index in [0.29, 0.717) is 12.5 Å². The molecule has 1 heterocycles. The van der Waals surface area contributed by atoms with Crippen molar-refractivity contribution in [1.29, 1.82) is 0 Å². The minimum Gasteiger partial charge on any atom is -0.357 e. The lowest BCUT2D eigenvalue weighted by molar-refractivity contribution is 0.487. The average Bonchev–Trinajstić information content (AvgIpc) is 3.05. The normalized spacial score (nSPS) is 18.3. The van der Waals surface area contributed by atoms with E-state index in [-0.39, 0.29) is 35.5 Å². The second-order valence-electron chi connectivity index (χ2n) is 5.81. The van der Waals surface area contributed by atoms with Gasteiger partial charge in [-0.2, -0.15) is 0 Å². The summed E-state index contributed by atoms with van der Waals surface area (Å²) in [5.74, 6) is 1.64. The predicted octanol–water partition coefficient (Wildman–Crippen LogP) is 2.49. The molecule has 1 fully saturated rings. The van der Waals surface area contributed by atoms with Crippen molar-refractivity contribution in [2.45, 2.75) is 26.2 Å². The second kappa shape index (κ2) is 10.2. The summed E-state index contributed by atoms with van der Waals surface area (Å²) in [5.41, 5.74) is 1.36. The van der Waals surface area contributed by atoms with Crippen LogP contribution in [0, 0.1) is 0 Å². The van der Waals surface area contributed by atoms with Gasteiger partial charge in [0.1, 0.15) is 0 Å². The van der Waals surface area contributed by atoms with Crippen LogP contribution < -0.4 is 5.32 Å². The Morgan fingerprint density at radius 3 is 2.62 bits per heavy atom. The van der Waals surface area contributed by atoms with Crippen LogP contribution in [0.4, 0.5) is 0 Å². The smallest absolute Gasteiger partial charge is 0.193 e. The molecule has 1 aromatic carbocycles. The van der Waals surface area contributed by atoms with E-state index in [1.54, 1.807) is 6.92 Å². The van der Waals surface area contributed by atoms with E-state index < -0.39 is 9.84 Å². The largest absolute Gasteiger partial charge is 0.357 e. The topological polar surface area (TPSA) is 61.8 Å². The van der Waals surface area contributed by atoms with E-state index in [2.05, 4.69) is 39.5 Å². The average molecular weight is 465 g/mol. The van der Waals surface area contributed by atoms with Gasteiger partial charge in [-0.25, -0.2) is 8.42 Å². The van der Waals surface area contributed by atoms with Crippen molar-refractivity contribution in [3.05, 3.63) is 35.9 Å². The SMILES string of the molecule is CCNC(=NCCS(=O)(=O)CC)N1CCC(c2ccccc2)C1.I. The number of benzene rings is 1. The number of halogens is 1. The van der Waals surface area contributed by atoms with Gasteiger partial charge in [0.05, 0.1) is 12.3 Å². The summed E-state index contributed by atoms with van der Waals surface area (Å²) in [6, 6.07) is 10.5. The lowest BCUT2D eigenvalue weighted by atomic mass is 9.99. The molecule has 0 aliphatic carbocycles. The summed E-state index contributed by atoms with van der Waals surface area (Å²) in [5, 5.41) is 3.28. The lowest BCUT2D eigenvalue weighted by Crippen LogP contribution is -2.40. The molecule has 0 saturated carbocycles. The van der Waals surface area contributed by atoms with Crippen LogP contribution >= 0.6 is 24.0 Å².